The fourth-order valence-electron chi connectivity index (χ4n) is 3.86. The molecule has 2 rings (SSSR count). The molecule has 0 atom stereocenters. The Hall–Kier alpha value is -1.56. The normalized spacial score (nSPS) is 16.1. The minimum atomic E-state index is 0.618. The van der Waals surface area contributed by atoms with Crippen molar-refractivity contribution in [2.75, 3.05) is 26.7 Å². The Bertz CT molecular complexity index is 541. The predicted molar refractivity (Wildman–Crippen MR) is 112 cm³/mol. The quantitative estimate of drug-likeness (QED) is 0.371. The van der Waals surface area contributed by atoms with E-state index in [-0.39, 0.29) is 0 Å². The van der Waals surface area contributed by atoms with Crippen molar-refractivity contribution in [2.24, 2.45) is 4.99 Å². The van der Waals surface area contributed by atoms with Gasteiger partial charge in [0.2, 0.25) is 0 Å². The fourth-order valence-corrected chi connectivity index (χ4v) is 3.86. The van der Waals surface area contributed by atoms with E-state index in [4.69, 9.17) is 9.52 Å². The number of hydrogen-bond donors (Lipinski definition) is 2. The summed E-state index contributed by atoms with van der Waals surface area (Å²) in [6.45, 7) is 9.86. The van der Waals surface area contributed by atoms with Gasteiger partial charge in [-0.3, -0.25) is 0 Å². The third kappa shape index (κ3) is 6.83. The third-order valence-corrected chi connectivity index (χ3v) is 5.52. The number of aliphatic imine (C=N–C) groups is 1. The van der Waals surface area contributed by atoms with E-state index in [1.807, 2.05) is 0 Å². The molecule has 0 amide bonds. The van der Waals surface area contributed by atoms with E-state index in [9.17, 15) is 0 Å². The van der Waals surface area contributed by atoms with Crippen molar-refractivity contribution >= 4 is 5.96 Å². The third-order valence-electron chi connectivity index (χ3n) is 5.52. The highest BCUT2D eigenvalue weighted by atomic mass is 16.5. The first kappa shape index (κ1) is 21.7. The maximum atomic E-state index is 5.44. The van der Waals surface area contributed by atoms with Crippen LogP contribution in [0.15, 0.2) is 9.52 Å². The summed E-state index contributed by atoms with van der Waals surface area (Å²) >= 11 is 0. The Morgan fingerprint density at radius 3 is 2.59 bits per heavy atom. The monoisotopic (exact) mass is 377 g/mol. The molecule has 1 aromatic heterocycles. The minimum absolute atomic E-state index is 0.618. The van der Waals surface area contributed by atoms with E-state index in [2.05, 4.69) is 48.5 Å². The zero-order valence-electron chi connectivity index (χ0n) is 17.8. The molecule has 0 unspecified atom stereocenters. The van der Waals surface area contributed by atoms with Gasteiger partial charge >= 0.3 is 0 Å². The summed E-state index contributed by atoms with van der Waals surface area (Å²) in [6.07, 6.45) is 9.81. The SMILES string of the molecule is CCNC(=NCc1c(CC)noc1CC)NCCCN(C)C1CCCCC1. The van der Waals surface area contributed by atoms with Gasteiger partial charge in [0.05, 0.1) is 12.2 Å². The Labute approximate surface area is 165 Å². The molecule has 0 aliphatic heterocycles. The molecule has 0 aromatic carbocycles. The molecule has 0 radical (unpaired) electrons. The average Bonchev–Trinajstić information content (AvgIpc) is 3.11. The number of nitrogens with zero attached hydrogens (tertiary/aromatic N) is 3. The summed E-state index contributed by atoms with van der Waals surface area (Å²) in [6, 6.07) is 0.786. The van der Waals surface area contributed by atoms with Gasteiger partial charge in [-0.05, 0) is 46.2 Å². The van der Waals surface area contributed by atoms with Crippen molar-refractivity contribution in [3.05, 3.63) is 17.0 Å². The van der Waals surface area contributed by atoms with Gasteiger partial charge in [0.15, 0.2) is 5.96 Å². The molecule has 0 saturated heterocycles. The molecule has 0 spiro atoms. The van der Waals surface area contributed by atoms with Crippen LogP contribution in [0, 0.1) is 0 Å². The number of rotatable bonds is 10. The Morgan fingerprint density at radius 1 is 1.15 bits per heavy atom. The van der Waals surface area contributed by atoms with Gasteiger partial charge in [0, 0.05) is 31.1 Å². The summed E-state index contributed by atoms with van der Waals surface area (Å²) < 4.78 is 5.44. The lowest BCUT2D eigenvalue weighted by atomic mass is 9.94. The van der Waals surface area contributed by atoms with Crippen molar-refractivity contribution in [1.29, 1.82) is 0 Å². The summed E-state index contributed by atoms with van der Waals surface area (Å²) in [7, 11) is 2.28. The van der Waals surface area contributed by atoms with E-state index in [0.29, 0.717) is 6.54 Å². The predicted octanol–water partition coefficient (Wildman–Crippen LogP) is 3.51. The van der Waals surface area contributed by atoms with E-state index >= 15 is 0 Å². The van der Waals surface area contributed by atoms with E-state index in [1.165, 1.54) is 32.1 Å². The first-order chi connectivity index (χ1) is 13.2. The lowest BCUT2D eigenvalue weighted by molar-refractivity contribution is 0.190. The molecule has 6 nitrogen and oxygen atoms in total. The van der Waals surface area contributed by atoms with Crippen LogP contribution in [0.5, 0.6) is 0 Å². The summed E-state index contributed by atoms with van der Waals surface area (Å²) in [5.74, 6) is 1.84. The molecule has 1 saturated carbocycles. The second kappa shape index (κ2) is 12.0. The van der Waals surface area contributed by atoms with E-state index in [1.54, 1.807) is 0 Å². The number of aryl methyl sites for hydroxylation is 2. The average molecular weight is 378 g/mol. The minimum Gasteiger partial charge on any atom is -0.361 e. The van der Waals surface area contributed by atoms with Crippen molar-refractivity contribution in [1.82, 2.24) is 20.7 Å². The van der Waals surface area contributed by atoms with Crippen LogP contribution < -0.4 is 10.6 Å². The molecule has 154 valence electrons. The van der Waals surface area contributed by atoms with Crippen LogP contribution in [0.3, 0.4) is 0 Å². The second-order valence-corrected chi connectivity index (χ2v) is 7.49. The first-order valence-corrected chi connectivity index (χ1v) is 10.9. The molecular formula is C21H39N5O. The molecule has 1 fully saturated rings. The number of aromatic nitrogens is 1. The Kier molecular flexibility index (Phi) is 9.67. The highest BCUT2D eigenvalue weighted by molar-refractivity contribution is 5.79. The largest absolute Gasteiger partial charge is 0.361 e. The van der Waals surface area contributed by atoms with Crippen molar-refractivity contribution in [3.8, 4) is 0 Å². The van der Waals surface area contributed by atoms with Crippen molar-refractivity contribution in [3.63, 3.8) is 0 Å². The molecule has 1 aliphatic carbocycles. The molecular weight excluding hydrogens is 338 g/mol. The maximum absolute atomic E-state index is 5.44. The van der Waals surface area contributed by atoms with Crippen LogP contribution in [0.1, 0.15) is 76.3 Å². The van der Waals surface area contributed by atoms with Crippen LogP contribution in [-0.2, 0) is 19.4 Å². The highest BCUT2D eigenvalue weighted by Gasteiger charge is 2.17. The zero-order valence-corrected chi connectivity index (χ0v) is 17.8. The summed E-state index contributed by atoms with van der Waals surface area (Å²) in [5, 5.41) is 11.0. The van der Waals surface area contributed by atoms with Gasteiger partial charge in [-0.2, -0.15) is 0 Å². The summed E-state index contributed by atoms with van der Waals surface area (Å²) in [5.41, 5.74) is 2.18. The van der Waals surface area contributed by atoms with Crippen LogP contribution in [-0.4, -0.2) is 48.7 Å². The van der Waals surface area contributed by atoms with Crippen LogP contribution in [0.25, 0.3) is 0 Å². The van der Waals surface area contributed by atoms with Crippen molar-refractivity contribution in [2.45, 2.75) is 84.7 Å². The second-order valence-electron chi connectivity index (χ2n) is 7.49. The lowest BCUT2D eigenvalue weighted by Gasteiger charge is -2.31. The van der Waals surface area contributed by atoms with Crippen LogP contribution in [0.2, 0.25) is 0 Å². The van der Waals surface area contributed by atoms with Gasteiger partial charge in [0.1, 0.15) is 5.76 Å². The van der Waals surface area contributed by atoms with E-state index in [0.717, 1.165) is 67.9 Å². The number of guanidine groups is 1. The summed E-state index contributed by atoms with van der Waals surface area (Å²) in [4.78, 5) is 7.31. The first-order valence-electron chi connectivity index (χ1n) is 10.9. The van der Waals surface area contributed by atoms with Crippen LogP contribution >= 0.6 is 0 Å². The Morgan fingerprint density at radius 2 is 1.93 bits per heavy atom. The van der Waals surface area contributed by atoms with Gasteiger partial charge < -0.3 is 20.1 Å². The molecule has 1 heterocycles. The van der Waals surface area contributed by atoms with Gasteiger partial charge in [-0.25, -0.2) is 4.99 Å². The maximum Gasteiger partial charge on any atom is 0.191 e. The molecule has 6 heteroatoms. The van der Waals surface area contributed by atoms with Gasteiger partial charge in [0.25, 0.3) is 0 Å². The topological polar surface area (TPSA) is 65.7 Å². The Balaban J connectivity index is 1.80. The zero-order chi connectivity index (χ0) is 19.5. The molecule has 2 N–H and O–H groups in total. The number of nitrogens with one attached hydrogen (secondary N) is 2. The van der Waals surface area contributed by atoms with Crippen molar-refractivity contribution < 1.29 is 4.52 Å². The fraction of sp³-hybridized carbons (Fsp3) is 0.810. The highest BCUT2D eigenvalue weighted by Crippen LogP contribution is 2.21. The number of hydrogen-bond acceptors (Lipinski definition) is 4. The lowest BCUT2D eigenvalue weighted by Crippen LogP contribution is -2.39. The smallest absolute Gasteiger partial charge is 0.191 e. The molecule has 1 aliphatic rings. The molecule has 0 bridgehead atoms. The molecule has 1 aromatic rings. The van der Waals surface area contributed by atoms with Gasteiger partial charge in [-0.15, -0.1) is 0 Å². The van der Waals surface area contributed by atoms with Crippen LogP contribution in [0.4, 0.5) is 0 Å². The van der Waals surface area contributed by atoms with Gasteiger partial charge in [-0.1, -0.05) is 38.3 Å². The van der Waals surface area contributed by atoms with E-state index < -0.39 is 0 Å². The standard InChI is InChI=1S/C21H39N5O/c1-5-19-18(20(6-2)27-25-19)16-24-21(22-7-3)23-14-11-15-26(4)17-12-9-8-10-13-17/h17H,5-16H2,1-4H3,(H2,22,23,24). The molecule has 27 heavy (non-hydrogen) atoms.